The van der Waals surface area contributed by atoms with Gasteiger partial charge in [-0.3, -0.25) is 9.69 Å². The highest BCUT2D eigenvalue weighted by Gasteiger charge is 2.46. The van der Waals surface area contributed by atoms with Crippen LogP contribution in [0.15, 0.2) is 72.5 Å². The molecule has 1 aliphatic rings. The number of aliphatic hydroxyl groups is 2. The summed E-state index contributed by atoms with van der Waals surface area (Å²) >= 11 is 0. The Labute approximate surface area is 116 Å². The summed E-state index contributed by atoms with van der Waals surface area (Å²) in [6, 6.07) is 17.5. The first-order chi connectivity index (χ1) is 9.63. The highest BCUT2D eigenvalue weighted by molar-refractivity contribution is 6.08. The van der Waals surface area contributed by atoms with E-state index >= 15 is 0 Å². The van der Waals surface area contributed by atoms with Crippen LogP contribution in [0.2, 0.25) is 0 Å². The molecule has 0 spiro atoms. The maximum atomic E-state index is 12.1. The van der Waals surface area contributed by atoms with Gasteiger partial charge >= 0.3 is 0 Å². The zero-order chi connectivity index (χ0) is 14.2. The van der Waals surface area contributed by atoms with Gasteiger partial charge in [-0.05, 0) is 12.1 Å². The van der Waals surface area contributed by atoms with Gasteiger partial charge in [0, 0.05) is 17.3 Å². The van der Waals surface area contributed by atoms with Crippen molar-refractivity contribution < 1.29 is 15.0 Å². The lowest BCUT2D eigenvalue weighted by atomic mass is 10.0. The topological polar surface area (TPSA) is 60.8 Å². The Kier molecular flexibility index (Phi) is 2.80. The molecule has 20 heavy (non-hydrogen) atoms. The Morgan fingerprint density at radius 2 is 1.45 bits per heavy atom. The third kappa shape index (κ3) is 1.78. The number of rotatable bonds is 2. The first-order valence-electron chi connectivity index (χ1n) is 6.22. The van der Waals surface area contributed by atoms with Crippen LogP contribution in [-0.2, 0) is 10.5 Å². The highest BCUT2D eigenvalue weighted by Crippen LogP contribution is 2.38. The van der Waals surface area contributed by atoms with E-state index in [1.165, 1.54) is 4.90 Å². The van der Waals surface area contributed by atoms with Crippen LogP contribution >= 0.6 is 0 Å². The first-order valence-corrected chi connectivity index (χ1v) is 6.22. The second-order valence-electron chi connectivity index (χ2n) is 4.60. The summed E-state index contributed by atoms with van der Waals surface area (Å²) in [7, 11) is 0. The molecule has 4 nitrogen and oxygen atoms in total. The Bertz CT molecular complexity index is 667. The summed E-state index contributed by atoms with van der Waals surface area (Å²) in [6.45, 7) is 0. The Morgan fingerprint density at radius 1 is 0.900 bits per heavy atom. The number of aliphatic hydroxyl groups excluding tert-OH is 1. The lowest BCUT2D eigenvalue weighted by Crippen LogP contribution is -2.44. The summed E-state index contributed by atoms with van der Waals surface area (Å²) in [5.41, 5.74) is -0.644. The molecule has 3 rings (SSSR count). The van der Waals surface area contributed by atoms with Crippen molar-refractivity contribution in [1.82, 2.24) is 0 Å². The fraction of sp³-hybridized carbons (Fsp3) is 0.0625. The first kappa shape index (κ1) is 12.4. The summed E-state index contributed by atoms with van der Waals surface area (Å²) in [6.07, 6.45) is 1.16. The zero-order valence-corrected chi connectivity index (χ0v) is 10.6. The third-order valence-electron chi connectivity index (χ3n) is 3.31. The van der Waals surface area contributed by atoms with E-state index in [2.05, 4.69) is 0 Å². The lowest BCUT2D eigenvalue weighted by molar-refractivity contribution is -0.119. The van der Waals surface area contributed by atoms with Gasteiger partial charge < -0.3 is 10.2 Å². The van der Waals surface area contributed by atoms with Crippen LogP contribution in [0.1, 0.15) is 5.56 Å². The molecule has 2 aromatic carbocycles. The van der Waals surface area contributed by atoms with Gasteiger partial charge in [0.25, 0.3) is 5.91 Å². The molecule has 1 aliphatic heterocycles. The standard InChI is InChI=1S/C16H13NO3/c18-14-11-16(20,12-7-3-1-4-8-12)17(15(14)19)13-9-5-2-6-10-13/h1-11,18,20H/t16-/m1/s1. The predicted molar refractivity (Wildman–Crippen MR) is 75.0 cm³/mol. The Hall–Kier alpha value is -2.59. The number of amides is 1. The van der Waals surface area contributed by atoms with Crippen molar-refractivity contribution in [3.05, 3.63) is 78.1 Å². The van der Waals surface area contributed by atoms with Crippen molar-refractivity contribution >= 4 is 11.6 Å². The number of hydrogen-bond acceptors (Lipinski definition) is 3. The molecule has 1 amide bonds. The molecule has 0 saturated carbocycles. The minimum atomic E-state index is -1.68. The lowest BCUT2D eigenvalue weighted by Gasteiger charge is -2.33. The smallest absolute Gasteiger partial charge is 0.295 e. The zero-order valence-electron chi connectivity index (χ0n) is 10.6. The van der Waals surface area contributed by atoms with Crippen molar-refractivity contribution in [3.8, 4) is 0 Å². The van der Waals surface area contributed by atoms with Crippen LogP contribution in [0, 0.1) is 0 Å². The normalized spacial score (nSPS) is 21.9. The molecule has 0 radical (unpaired) electrons. The van der Waals surface area contributed by atoms with Crippen LogP contribution in [0.25, 0.3) is 0 Å². The SMILES string of the molecule is O=C1C(O)=C[C@@](O)(c2ccccc2)N1c1ccccc1. The van der Waals surface area contributed by atoms with Gasteiger partial charge in [-0.25, -0.2) is 0 Å². The second-order valence-corrected chi connectivity index (χ2v) is 4.60. The number of carbonyl (C=O) groups excluding carboxylic acids is 1. The van der Waals surface area contributed by atoms with Gasteiger partial charge in [0.15, 0.2) is 11.5 Å². The van der Waals surface area contributed by atoms with Crippen LogP contribution in [0.3, 0.4) is 0 Å². The number of hydrogen-bond donors (Lipinski definition) is 2. The van der Waals surface area contributed by atoms with E-state index in [-0.39, 0.29) is 0 Å². The molecule has 100 valence electrons. The number of benzene rings is 2. The number of carbonyl (C=O) groups is 1. The van der Waals surface area contributed by atoms with Crippen LogP contribution in [0.5, 0.6) is 0 Å². The molecule has 0 fully saturated rings. The maximum absolute atomic E-state index is 12.1. The average molecular weight is 267 g/mol. The third-order valence-corrected chi connectivity index (χ3v) is 3.31. The molecule has 0 saturated heterocycles. The van der Waals surface area contributed by atoms with Crippen molar-refractivity contribution in [1.29, 1.82) is 0 Å². The molecule has 0 aliphatic carbocycles. The highest BCUT2D eigenvalue weighted by atomic mass is 16.3. The van der Waals surface area contributed by atoms with Gasteiger partial charge in [-0.1, -0.05) is 48.5 Å². The molecular formula is C16H13NO3. The van der Waals surface area contributed by atoms with Crippen molar-refractivity contribution in [2.75, 3.05) is 4.90 Å². The average Bonchev–Trinajstić information content (AvgIpc) is 2.72. The summed E-state index contributed by atoms with van der Waals surface area (Å²) in [5, 5.41) is 20.6. The molecule has 1 heterocycles. The fourth-order valence-electron chi connectivity index (χ4n) is 2.37. The van der Waals surface area contributed by atoms with E-state index in [0.29, 0.717) is 11.3 Å². The minimum absolute atomic E-state index is 0.458. The van der Waals surface area contributed by atoms with Gasteiger partial charge in [-0.2, -0.15) is 0 Å². The van der Waals surface area contributed by atoms with Crippen LogP contribution in [0.4, 0.5) is 5.69 Å². The molecule has 1 atom stereocenters. The molecule has 2 N–H and O–H groups in total. The molecular weight excluding hydrogens is 254 g/mol. The van der Waals surface area contributed by atoms with E-state index in [4.69, 9.17) is 0 Å². The number of anilines is 1. The summed E-state index contributed by atoms with van der Waals surface area (Å²) in [4.78, 5) is 13.3. The second kappa shape index (κ2) is 4.51. The van der Waals surface area contributed by atoms with Crippen molar-refractivity contribution in [3.63, 3.8) is 0 Å². The monoisotopic (exact) mass is 267 g/mol. The molecule has 0 unspecified atom stereocenters. The van der Waals surface area contributed by atoms with Crippen molar-refractivity contribution in [2.24, 2.45) is 0 Å². The van der Waals surface area contributed by atoms with E-state index < -0.39 is 17.4 Å². The number of para-hydroxylation sites is 1. The Balaban J connectivity index is 2.15. The fourth-order valence-corrected chi connectivity index (χ4v) is 2.37. The molecule has 0 bridgehead atoms. The Morgan fingerprint density at radius 3 is 2.05 bits per heavy atom. The van der Waals surface area contributed by atoms with Crippen LogP contribution < -0.4 is 4.90 Å². The summed E-state index contributed by atoms with van der Waals surface area (Å²) < 4.78 is 0. The van der Waals surface area contributed by atoms with E-state index in [0.717, 1.165) is 6.08 Å². The predicted octanol–water partition coefficient (Wildman–Crippen LogP) is 2.32. The molecule has 0 aromatic heterocycles. The minimum Gasteiger partial charge on any atom is -0.503 e. The number of nitrogens with zero attached hydrogens (tertiary/aromatic N) is 1. The van der Waals surface area contributed by atoms with Gasteiger partial charge in [0.2, 0.25) is 0 Å². The van der Waals surface area contributed by atoms with Crippen molar-refractivity contribution in [2.45, 2.75) is 5.72 Å². The van der Waals surface area contributed by atoms with E-state index in [1.807, 2.05) is 12.1 Å². The van der Waals surface area contributed by atoms with E-state index in [1.54, 1.807) is 48.5 Å². The van der Waals surface area contributed by atoms with Gasteiger partial charge in [0.05, 0.1) is 0 Å². The summed E-state index contributed by atoms with van der Waals surface area (Å²) in [5.74, 6) is -1.08. The van der Waals surface area contributed by atoms with Gasteiger partial charge in [-0.15, -0.1) is 0 Å². The quantitative estimate of drug-likeness (QED) is 0.877. The molecule has 4 heteroatoms. The van der Waals surface area contributed by atoms with E-state index in [9.17, 15) is 15.0 Å². The molecule has 2 aromatic rings. The van der Waals surface area contributed by atoms with Gasteiger partial charge in [0.1, 0.15) is 0 Å². The maximum Gasteiger partial charge on any atom is 0.295 e. The largest absolute Gasteiger partial charge is 0.503 e. The van der Waals surface area contributed by atoms with Crippen LogP contribution in [-0.4, -0.2) is 16.1 Å².